The lowest BCUT2D eigenvalue weighted by Gasteiger charge is -2.35. The van der Waals surface area contributed by atoms with E-state index in [1.54, 1.807) is 0 Å². The standard InChI is InChI=1S/C21H28N4OS/c1-16(26)22-21-23-18(15-27-21)14-25-12-6-10-20(25)19-9-5-11-24(19)13-17-7-3-2-4-8-17/h2-4,7-8,15,19-20H,5-6,9-14H2,1H3,(H,22,23,26)/t19-,20-/m1/s1. The summed E-state index contributed by atoms with van der Waals surface area (Å²) < 4.78 is 0. The third-order valence-corrected chi connectivity index (χ3v) is 6.51. The number of nitrogens with zero attached hydrogens (tertiary/aromatic N) is 3. The fourth-order valence-corrected chi connectivity index (χ4v) is 5.33. The molecule has 1 N–H and O–H groups in total. The molecule has 0 saturated carbocycles. The maximum absolute atomic E-state index is 11.2. The molecule has 1 aromatic carbocycles. The number of nitrogens with one attached hydrogen (secondary N) is 1. The van der Waals surface area contributed by atoms with Gasteiger partial charge in [-0.15, -0.1) is 11.3 Å². The van der Waals surface area contributed by atoms with E-state index in [-0.39, 0.29) is 5.91 Å². The summed E-state index contributed by atoms with van der Waals surface area (Å²) in [4.78, 5) is 21.1. The lowest BCUT2D eigenvalue weighted by molar-refractivity contribution is -0.114. The van der Waals surface area contributed by atoms with Gasteiger partial charge in [-0.3, -0.25) is 14.6 Å². The molecule has 2 saturated heterocycles. The Kier molecular flexibility index (Phi) is 5.86. The molecule has 1 amide bonds. The number of rotatable bonds is 6. The second-order valence-electron chi connectivity index (χ2n) is 7.67. The number of hydrogen-bond acceptors (Lipinski definition) is 5. The van der Waals surface area contributed by atoms with Gasteiger partial charge in [0.25, 0.3) is 0 Å². The van der Waals surface area contributed by atoms with Crippen molar-refractivity contribution in [2.75, 3.05) is 18.4 Å². The molecule has 5 nitrogen and oxygen atoms in total. The quantitative estimate of drug-likeness (QED) is 0.824. The molecule has 2 aromatic rings. The van der Waals surface area contributed by atoms with E-state index in [1.807, 2.05) is 0 Å². The second kappa shape index (κ2) is 8.50. The van der Waals surface area contributed by atoms with Gasteiger partial charge < -0.3 is 5.32 Å². The fraction of sp³-hybridized carbons (Fsp3) is 0.524. The number of thiazole rings is 1. The van der Waals surface area contributed by atoms with Crippen LogP contribution in [-0.4, -0.2) is 45.9 Å². The summed E-state index contributed by atoms with van der Waals surface area (Å²) >= 11 is 1.52. The molecule has 0 bridgehead atoms. The SMILES string of the molecule is CC(=O)Nc1nc(CN2CCC[C@@H]2[C@H]2CCCN2Cc2ccccc2)cs1. The molecule has 4 rings (SSSR count). The van der Waals surface area contributed by atoms with Crippen molar-refractivity contribution in [3.05, 3.63) is 47.0 Å². The van der Waals surface area contributed by atoms with Crippen molar-refractivity contribution in [1.82, 2.24) is 14.8 Å². The van der Waals surface area contributed by atoms with E-state index < -0.39 is 0 Å². The first-order chi connectivity index (χ1) is 13.2. The van der Waals surface area contributed by atoms with Crippen LogP contribution in [-0.2, 0) is 17.9 Å². The Balaban J connectivity index is 1.41. The van der Waals surface area contributed by atoms with Crippen LogP contribution >= 0.6 is 11.3 Å². The Morgan fingerprint density at radius 2 is 1.78 bits per heavy atom. The van der Waals surface area contributed by atoms with E-state index in [0.717, 1.165) is 25.3 Å². The summed E-state index contributed by atoms with van der Waals surface area (Å²) in [6.07, 6.45) is 5.13. The summed E-state index contributed by atoms with van der Waals surface area (Å²) in [6, 6.07) is 12.1. The van der Waals surface area contributed by atoms with Gasteiger partial charge in [0.05, 0.1) is 5.69 Å². The van der Waals surface area contributed by atoms with Crippen molar-refractivity contribution in [2.24, 2.45) is 0 Å². The normalized spacial score (nSPS) is 23.7. The Bertz CT molecular complexity index is 763. The van der Waals surface area contributed by atoms with Crippen molar-refractivity contribution in [3.63, 3.8) is 0 Å². The van der Waals surface area contributed by atoms with Gasteiger partial charge in [-0.05, 0) is 44.3 Å². The summed E-state index contributed by atoms with van der Waals surface area (Å²) in [5, 5.41) is 5.58. The van der Waals surface area contributed by atoms with Gasteiger partial charge in [-0.1, -0.05) is 30.3 Å². The highest BCUT2D eigenvalue weighted by molar-refractivity contribution is 7.13. The van der Waals surface area contributed by atoms with E-state index in [0.29, 0.717) is 17.2 Å². The van der Waals surface area contributed by atoms with Crippen LogP contribution < -0.4 is 5.32 Å². The van der Waals surface area contributed by atoms with E-state index in [4.69, 9.17) is 0 Å². The number of carbonyl (C=O) groups excluding carboxylic acids is 1. The average Bonchev–Trinajstić information content (AvgIpc) is 3.37. The second-order valence-corrected chi connectivity index (χ2v) is 8.53. The zero-order valence-corrected chi connectivity index (χ0v) is 16.8. The number of hydrogen-bond donors (Lipinski definition) is 1. The number of benzene rings is 1. The molecule has 3 heterocycles. The van der Waals surface area contributed by atoms with Crippen LogP contribution in [0.15, 0.2) is 35.7 Å². The van der Waals surface area contributed by atoms with Crippen molar-refractivity contribution < 1.29 is 4.79 Å². The van der Waals surface area contributed by atoms with Gasteiger partial charge in [0.1, 0.15) is 0 Å². The first-order valence-corrected chi connectivity index (χ1v) is 10.8. The van der Waals surface area contributed by atoms with Gasteiger partial charge in [0.15, 0.2) is 5.13 Å². The van der Waals surface area contributed by atoms with Gasteiger partial charge >= 0.3 is 0 Å². The molecule has 0 spiro atoms. The Labute approximate surface area is 165 Å². The average molecular weight is 385 g/mol. The molecule has 6 heteroatoms. The minimum atomic E-state index is -0.0579. The molecule has 27 heavy (non-hydrogen) atoms. The minimum absolute atomic E-state index is 0.0579. The van der Waals surface area contributed by atoms with Gasteiger partial charge in [-0.2, -0.15) is 0 Å². The summed E-state index contributed by atoms with van der Waals surface area (Å²) in [7, 11) is 0. The van der Waals surface area contributed by atoms with Crippen LogP contribution in [0.25, 0.3) is 0 Å². The van der Waals surface area contributed by atoms with Crippen LogP contribution in [0, 0.1) is 0 Å². The molecule has 1 aromatic heterocycles. The van der Waals surface area contributed by atoms with Crippen LogP contribution in [0.5, 0.6) is 0 Å². The van der Waals surface area contributed by atoms with Crippen LogP contribution in [0.1, 0.15) is 43.9 Å². The maximum atomic E-state index is 11.2. The first kappa shape index (κ1) is 18.6. The predicted molar refractivity (Wildman–Crippen MR) is 110 cm³/mol. The van der Waals surface area contributed by atoms with Gasteiger partial charge in [0.2, 0.25) is 5.91 Å². The third kappa shape index (κ3) is 4.57. The van der Waals surface area contributed by atoms with E-state index in [1.165, 1.54) is 56.1 Å². The number of amides is 1. The minimum Gasteiger partial charge on any atom is -0.302 e. The van der Waals surface area contributed by atoms with Crippen molar-refractivity contribution in [3.8, 4) is 0 Å². The number of anilines is 1. The Morgan fingerprint density at radius 3 is 2.44 bits per heavy atom. The Morgan fingerprint density at radius 1 is 1.11 bits per heavy atom. The molecule has 0 unspecified atom stereocenters. The molecule has 0 aliphatic carbocycles. The van der Waals surface area contributed by atoms with Crippen molar-refractivity contribution in [2.45, 2.75) is 57.8 Å². The molecule has 144 valence electrons. The van der Waals surface area contributed by atoms with Crippen molar-refractivity contribution >= 4 is 22.4 Å². The molecule has 2 atom stereocenters. The van der Waals surface area contributed by atoms with E-state index in [2.05, 4.69) is 55.8 Å². The van der Waals surface area contributed by atoms with Gasteiger partial charge in [-0.25, -0.2) is 4.98 Å². The molecule has 2 aliphatic heterocycles. The molecule has 2 aliphatic rings. The smallest absolute Gasteiger partial charge is 0.223 e. The van der Waals surface area contributed by atoms with Crippen LogP contribution in [0.2, 0.25) is 0 Å². The van der Waals surface area contributed by atoms with Crippen LogP contribution in [0.4, 0.5) is 5.13 Å². The molecular formula is C21H28N4OS. The first-order valence-electron chi connectivity index (χ1n) is 9.93. The highest BCUT2D eigenvalue weighted by atomic mass is 32.1. The van der Waals surface area contributed by atoms with Crippen LogP contribution in [0.3, 0.4) is 0 Å². The lowest BCUT2D eigenvalue weighted by atomic mass is 10.0. The highest BCUT2D eigenvalue weighted by Gasteiger charge is 2.37. The predicted octanol–water partition coefficient (Wildman–Crippen LogP) is 3.73. The third-order valence-electron chi connectivity index (χ3n) is 5.70. The summed E-state index contributed by atoms with van der Waals surface area (Å²) in [5.41, 5.74) is 2.48. The zero-order valence-electron chi connectivity index (χ0n) is 15.9. The van der Waals surface area contributed by atoms with Gasteiger partial charge in [0, 0.05) is 37.5 Å². The maximum Gasteiger partial charge on any atom is 0.223 e. The fourth-order valence-electron chi connectivity index (χ4n) is 4.58. The highest BCUT2D eigenvalue weighted by Crippen LogP contribution is 2.32. The van der Waals surface area contributed by atoms with E-state index >= 15 is 0 Å². The number of likely N-dealkylation sites (tertiary alicyclic amines) is 2. The summed E-state index contributed by atoms with van der Waals surface area (Å²) in [6.45, 7) is 5.81. The van der Waals surface area contributed by atoms with Crippen molar-refractivity contribution in [1.29, 1.82) is 0 Å². The molecule has 2 fully saturated rings. The summed E-state index contributed by atoms with van der Waals surface area (Å²) in [5.74, 6) is -0.0579. The lowest BCUT2D eigenvalue weighted by Crippen LogP contribution is -2.45. The number of aromatic nitrogens is 1. The number of carbonyl (C=O) groups is 1. The monoisotopic (exact) mass is 384 g/mol. The largest absolute Gasteiger partial charge is 0.302 e. The molecular weight excluding hydrogens is 356 g/mol. The Hall–Kier alpha value is -1.76. The van der Waals surface area contributed by atoms with E-state index in [9.17, 15) is 4.79 Å². The topological polar surface area (TPSA) is 48.5 Å². The zero-order chi connectivity index (χ0) is 18.6. The molecule has 0 radical (unpaired) electrons.